The van der Waals surface area contributed by atoms with Crippen molar-refractivity contribution < 1.29 is 14.0 Å². The third kappa shape index (κ3) is 4.47. The molecule has 0 saturated heterocycles. The minimum absolute atomic E-state index is 0.0560. The molecule has 2 N–H and O–H groups in total. The van der Waals surface area contributed by atoms with Gasteiger partial charge in [0.15, 0.2) is 5.13 Å². The molecule has 0 aliphatic carbocycles. The van der Waals surface area contributed by atoms with E-state index < -0.39 is 0 Å². The third-order valence-electron chi connectivity index (χ3n) is 4.12. The van der Waals surface area contributed by atoms with Crippen molar-refractivity contribution in [2.75, 3.05) is 10.6 Å². The minimum atomic E-state index is -0.307. The van der Waals surface area contributed by atoms with E-state index in [1.54, 1.807) is 35.4 Å². The Balaban J connectivity index is 1.43. The number of carbonyl (C=O) groups excluding carboxylic acids is 2. The van der Waals surface area contributed by atoms with Crippen LogP contribution in [-0.2, 0) is 11.2 Å². The molecule has 11 heteroatoms. The lowest BCUT2D eigenvalue weighted by molar-refractivity contribution is -0.115. The van der Waals surface area contributed by atoms with E-state index in [0.717, 1.165) is 4.47 Å². The van der Waals surface area contributed by atoms with Crippen LogP contribution in [0.5, 0.6) is 0 Å². The van der Waals surface area contributed by atoms with Crippen molar-refractivity contribution in [2.45, 2.75) is 13.3 Å². The molecule has 3 aromatic heterocycles. The smallest absolute Gasteiger partial charge is 0.260 e. The Kier molecular flexibility index (Phi) is 5.72. The van der Waals surface area contributed by atoms with Crippen molar-refractivity contribution in [3.05, 3.63) is 70.1 Å². The number of benzene rings is 1. The van der Waals surface area contributed by atoms with E-state index in [1.165, 1.54) is 23.9 Å². The second kappa shape index (κ2) is 8.59. The van der Waals surface area contributed by atoms with Crippen LogP contribution in [0.25, 0.3) is 5.69 Å². The molecule has 0 atom stereocenters. The van der Waals surface area contributed by atoms with Gasteiger partial charge in [-0.15, -0.1) is 11.3 Å². The SMILES string of the molecule is Cc1occc1C(=O)Nc1nc(CC(=O)Nc2cc(Br)ccc2-n2cncn2)cs1. The Morgan fingerprint density at radius 3 is 2.87 bits per heavy atom. The lowest BCUT2D eigenvalue weighted by Gasteiger charge is -2.11. The highest BCUT2D eigenvalue weighted by atomic mass is 79.9. The highest BCUT2D eigenvalue weighted by molar-refractivity contribution is 9.10. The first-order valence-corrected chi connectivity index (χ1v) is 10.4. The van der Waals surface area contributed by atoms with Gasteiger partial charge in [0.25, 0.3) is 5.91 Å². The number of carbonyl (C=O) groups is 2. The summed E-state index contributed by atoms with van der Waals surface area (Å²) in [6.07, 6.45) is 4.48. The summed E-state index contributed by atoms with van der Waals surface area (Å²) in [7, 11) is 0. The zero-order valence-corrected chi connectivity index (χ0v) is 18.0. The van der Waals surface area contributed by atoms with E-state index in [9.17, 15) is 9.59 Å². The summed E-state index contributed by atoms with van der Waals surface area (Å²) in [5.41, 5.74) is 2.26. The van der Waals surface area contributed by atoms with E-state index in [4.69, 9.17) is 4.42 Å². The summed E-state index contributed by atoms with van der Waals surface area (Å²) >= 11 is 4.66. The molecule has 2 amide bonds. The lowest BCUT2D eigenvalue weighted by Crippen LogP contribution is -2.16. The van der Waals surface area contributed by atoms with Gasteiger partial charge in [0, 0.05) is 9.85 Å². The topological polar surface area (TPSA) is 115 Å². The van der Waals surface area contributed by atoms with Gasteiger partial charge in [0.1, 0.15) is 18.4 Å². The number of hydrogen-bond donors (Lipinski definition) is 2. The van der Waals surface area contributed by atoms with Crippen molar-refractivity contribution in [1.82, 2.24) is 19.7 Å². The predicted molar refractivity (Wildman–Crippen MR) is 115 cm³/mol. The molecule has 9 nitrogen and oxygen atoms in total. The Labute approximate surface area is 183 Å². The van der Waals surface area contributed by atoms with Crippen LogP contribution >= 0.6 is 27.3 Å². The number of rotatable bonds is 6. The van der Waals surface area contributed by atoms with Crippen LogP contribution in [0, 0.1) is 6.92 Å². The largest absolute Gasteiger partial charge is 0.469 e. The number of halogens is 1. The van der Waals surface area contributed by atoms with E-state index in [2.05, 4.69) is 41.6 Å². The summed E-state index contributed by atoms with van der Waals surface area (Å²) in [5, 5.41) is 11.8. The third-order valence-corrected chi connectivity index (χ3v) is 5.42. The Morgan fingerprint density at radius 2 is 2.13 bits per heavy atom. The maximum Gasteiger partial charge on any atom is 0.260 e. The monoisotopic (exact) mass is 486 g/mol. The van der Waals surface area contributed by atoms with Crippen LogP contribution in [0.15, 0.2) is 57.5 Å². The van der Waals surface area contributed by atoms with Crippen molar-refractivity contribution in [2.24, 2.45) is 0 Å². The zero-order valence-electron chi connectivity index (χ0n) is 15.6. The number of anilines is 2. The van der Waals surface area contributed by atoms with E-state index in [-0.39, 0.29) is 18.2 Å². The summed E-state index contributed by atoms with van der Waals surface area (Å²) in [6, 6.07) is 7.05. The van der Waals surface area contributed by atoms with E-state index in [1.807, 2.05) is 12.1 Å². The average molecular weight is 487 g/mol. The predicted octanol–water partition coefficient (Wildman–Crippen LogP) is 3.82. The quantitative estimate of drug-likeness (QED) is 0.427. The summed E-state index contributed by atoms with van der Waals surface area (Å²) < 4.78 is 7.52. The molecule has 0 bridgehead atoms. The molecule has 3 heterocycles. The molecular weight excluding hydrogens is 472 g/mol. The number of nitrogens with zero attached hydrogens (tertiary/aromatic N) is 4. The Morgan fingerprint density at radius 1 is 1.27 bits per heavy atom. The van der Waals surface area contributed by atoms with Crippen molar-refractivity contribution in [3.63, 3.8) is 0 Å². The first-order chi connectivity index (χ1) is 14.5. The van der Waals surface area contributed by atoms with Crippen LogP contribution in [0.3, 0.4) is 0 Å². The summed E-state index contributed by atoms with van der Waals surface area (Å²) in [5.74, 6) is -0.0256. The first-order valence-electron chi connectivity index (χ1n) is 8.74. The number of nitrogens with one attached hydrogen (secondary N) is 2. The van der Waals surface area contributed by atoms with Crippen molar-refractivity contribution in [3.8, 4) is 5.69 Å². The van der Waals surface area contributed by atoms with Gasteiger partial charge in [-0.1, -0.05) is 15.9 Å². The van der Waals surface area contributed by atoms with Gasteiger partial charge in [-0.2, -0.15) is 5.10 Å². The van der Waals surface area contributed by atoms with Gasteiger partial charge in [0.2, 0.25) is 5.91 Å². The van der Waals surface area contributed by atoms with Gasteiger partial charge >= 0.3 is 0 Å². The van der Waals surface area contributed by atoms with Gasteiger partial charge < -0.3 is 9.73 Å². The zero-order chi connectivity index (χ0) is 21.1. The second-order valence-electron chi connectivity index (χ2n) is 6.22. The first kappa shape index (κ1) is 20.0. The number of furan rings is 1. The fraction of sp³-hybridized carbons (Fsp3) is 0.105. The summed E-state index contributed by atoms with van der Waals surface area (Å²) in [6.45, 7) is 1.71. The van der Waals surface area contributed by atoms with Crippen LogP contribution in [0.2, 0.25) is 0 Å². The normalized spacial score (nSPS) is 10.7. The summed E-state index contributed by atoms with van der Waals surface area (Å²) in [4.78, 5) is 33.1. The molecule has 30 heavy (non-hydrogen) atoms. The van der Waals surface area contributed by atoms with Gasteiger partial charge in [-0.25, -0.2) is 14.6 Å². The van der Waals surface area contributed by atoms with E-state index >= 15 is 0 Å². The molecule has 0 aliphatic rings. The number of hydrogen-bond acceptors (Lipinski definition) is 7. The minimum Gasteiger partial charge on any atom is -0.469 e. The molecule has 0 radical (unpaired) electrons. The molecule has 0 aliphatic heterocycles. The highest BCUT2D eigenvalue weighted by Crippen LogP contribution is 2.25. The fourth-order valence-electron chi connectivity index (χ4n) is 2.73. The second-order valence-corrected chi connectivity index (χ2v) is 7.99. The molecular formula is C19H15BrN6O3S. The molecule has 1 aromatic carbocycles. The van der Waals surface area contributed by atoms with Gasteiger partial charge in [-0.3, -0.25) is 14.9 Å². The molecule has 4 rings (SSSR count). The van der Waals surface area contributed by atoms with Crippen LogP contribution in [0.4, 0.5) is 10.8 Å². The maximum absolute atomic E-state index is 12.6. The van der Waals surface area contributed by atoms with Crippen molar-refractivity contribution >= 4 is 49.9 Å². The molecule has 0 fully saturated rings. The van der Waals surface area contributed by atoms with Crippen LogP contribution in [0.1, 0.15) is 21.8 Å². The standard InChI is InChI=1S/C19H15BrN6O3S/c1-11-14(4-5-29-11)18(28)25-19-23-13(8-30-19)7-17(27)24-15-6-12(20)2-3-16(15)26-10-21-9-22-26/h2-6,8-10H,7H2,1H3,(H,24,27)(H,23,25,28). The fourth-order valence-corrected chi connectivity index (χ4v) is 3.80. The number of amides is 2. The molecule has 0 spiro atoms. The maximum atomic E-state index is 12.6. The van der Waals surface area contributed by atoms with Crippen LogP contribution in [-0.4, -0.2) is 31.6 Å². The van der Waals surface area contributed by atoms with Crippen molar-refractivity contribution in [1.29, 1.82) is 0 Å². The van der Waals surface area contributed by atoms with Crippen LogP contribution < -0.4 is 10.6 Å². The number of thiazole rings is 1. The Bertz CT molecular complexity index is 1200. The number of aryl methyl sites for hydroxylation is 1. The lowest BCUT2D eigenvalue weighted by atomic mass is 10.2. The van der Waals surface area contributed by atoms with Gasteiger partial charge in [0.05, 0.1) is 35.3 Å². The van der Waals surface area contributed by atoms with Gasteiger partial charge in [-0.05, 0) is 31.2 Å². The highest BCUT2D eigenvalue weighted by Gasteiger charge is 2.15. The molecule has 4 aromatic rings. The average Bonchev–Trinajstić information content (AvgIpc) is 3.44. The number of aromatic nitrogens is 4. The van der Waals surface area contributed by atoms with E-state index in [0.29, 0.717) is 33.5 Å². The molecule has 0 unspecified atom stereocenters. The Hall–Kier alpha value is -3.31. The molecule has 152 valence electrons. The molecule has 0 saturated carbocycles.